The van der Waals surface area contributed by atoms with E-state index in [-0.39, 0.29) is 30.7 Å². The van der Waals surface area contributed by atoms with Crippen LogP contribution in [0.4, 0.5) is 5.13 Å². The Balaban J connectivity index is 0.00000180. The first-order valence-electron chi connectivity index (χ1n) is 6.32. The molecule has 20 heavy (non-hydrogen) atoms. The second-order valence-electron chi connectivity index (χ2n) is 4.80. The van der Waals surface area contributed by atoms with Crippen LogP contribution in [0.5, 0.6) is 0 Å². The molecule has 1 aliphatic heterocycles. The van der Waals surface area contributed by atoms with Crippen molar-refractivity contribution in [3.8, 4) is 0 Å². The summed E-state index contributed by atoms with van der Waals surface area (Å²) >= 11 is 1.48. The van der Waals surface area contributed by atoms with Gasteiger partial charge in [0.25, 0.3) is 0 Å². The molecule has 8 heteroatoms. The number of anilines is 1. The fourth-order valence-corrected chi connectivity index (χ4v) is 3.05. The molecule has 1 aliphatic rings. The molecule has 1 amide bonds. The van der Waals surface area contributed by atoms with Gasteiger partial charge in [-0.25, -0.2) is 4.98 Å². The van der Waals surface area contributed by atoms with E-state index in [0.29, 0.717) is 11.0 Å². The number of aromatic nitrogens is 1. The summed E-state index contributed by atoms with van der Waals surface area (Å²) in [6.45, 7) is 5.29. The van der Waals surface area contributed by atoms with Crippen LogP contribution in [0.25, 0.3) is 0 Å². The molecular formula is C12H22Cl2N4OS. The molecule has 2 rings (SSSR count). The van der Waals surface area contributed by atoms with Crippen molar-refractivity contribution in [3.05, 3.63) is 11.1 Å². The van der Waals surface area contributed by atoms with E-state index in [9.17, 15) is 4.79 Å². The van der Waals surface area contributed by atoms with Crippen molar-refractivity contribution in [2.75, 3.05) is 25.0 Å². The number of piperidine rings is 1. The molecule has 116 valence electrons. The van der Waals surface area contributed by atoms with Gasteiger partial charge >= 0.3 is 0 Å². The Morgan fingerprint density at radius 1 is 1.60 bits per heavy atom. The van der Waals surface area contributed by atoms with Gasteiger partial charge in [-0.15, -0.1) is 36.2 Å². The molecule has 1 aromatic rings. The summed E-state index contributed by atoms with van der Waals surface area (Å²) in [7, 11) is 0. The first-order chi connectivity index (χ1) is 8.67. The number of rotatable bonds is 4. The maximum Gasteiger partial charge on any atom is 0.223 e. The van der Waals surface area contributed by atoms with Crippen LogP contribution in [0.15, 0.2) is 5.38 Å². The van der Waals surface area contributed by atoms with Gasteiger partial charge in [0.2, 0.25) is 5.91 Å². The van der Waals surface area contributed by atoms with Gasteiger partial charge in [-0.3, -0.25) is 9.69 Å². The predicted octanol–water partition coefficient (Wildman–Crippen LogP) is 2.12. The van der Waals surface area contributed by atoms with Crippen LogP contribution < -0.4 is 11.1 Å². The minimum Gasteiger partial charge on any atom is -0.330 e. The van der Waals surface area contributed by atoms with Gasteiger partial charge in [-0.2, -0.15) is 0 Å². The maximum atomic E-state index is 10.9. The predicted molar refractivity (Wildman–Crippen MR) is 88.0 cm³/mol. The van der Waals surface area contributed by atoms with E-state index in [4.69, 9.17) is 5.73 Å². The molecule has 1 atom stereocenters. The molecular weight excluding hydrogens is 319 g/mol. The highest BCUT2D eigenvalue weighted by Gasteiger charge is 2.19. The maximum absolute atomic E-state index is 10.9. The summed E-state index contributed by atoms with van der Waals surface area (Å²) < 4.78 is 0. The molecule has 2 heterocycles. The summed E-state index contributed by atoms with van der Waals surface area (Å²) in [6, 6.07) is 0. The summed E-state index contributed by atoms with van der Waals surface area (Å²) in [6.07, 6.45) is 2.45. The number of thiazole rings is 1. The van der Waals surface area contributed by atoms with Crippen LogP contribution in [0.1, 0.15) is 25.5 Å². The van der Waals surface area contributed by atoms with Gasteiger partial charge in [0.05, 0.1) is 5.69 Å². The van der Waals surface area contributed by atoms with Crippen molar-refractivity contribution < 1.29 is 4.79 Å². The van der Waals surface area contributed by atoms with Gasteiger partial charge in [-0.1, -0.05) is 0 Å². The first kappa shape index (κ1) is 19.6. The Labute approximate surface area is 136 Å². The van der Waals surface area contributed by atoms with Gasteiger partial charge in [-0.05, 0) is 31.8 Å². The van der Waals surface area contributed by atoms with Crippen LogP contribution >= 0.6 is 36.2 Å². The van der Waals surface area contributed by atoms with Gasteiger partial charge in [0.1, 0.15) is 0 Å². The van der Waals surface area contributed by atoms with Crippen LogP contribution in [-0.2, 0) is 11.3 Å². The lowest BCUT2D eigenvalue weighted by molar-refractivity contribution is -0.114. The van der Waals surface area contributed by atoms with Crippen LogP contribution in [0.2, 0.25) is 0 Å². The third-order valence-corrected chi connectivity index (χ3v) is 3.96. The monoisotopic (exact) mass is 340 g/mol. The number of hydrogen-bond donors (Lipinski definition) is 2. The molecule has 0 saturated carbocycles. The second kappa shape index (κ2) is 9.52. The third kappa shape index (κ3) is 5.93. The number of carbonyl (C=O) groups excluding carboxylic acids is 1. The summed E-state index contributed by atoms with van der Waals surface area (Å²) in [5, 5.41) is 5.41. The molecule has 1 aromatic heterocycles. The largest absolute Gasteiger partial charge is 0.330 e. The Bertz CT molecular complexity index is 416. The molecule has 0 aromatic carbocycles. The third-order valence-electron chi connectivity index (χ3n) is 3.16. The van der Waals surface area contributed by atoms with E-state index < -0.39 is 0 Å². The number of amides is 1. The second-order valence-corrected chi connectivity index (χ2v) is 5.66. The average Bonchev–Trinajstić information content (AvgIpc) is 2.76. The Kier molecular flexibility index (Phi) is 9.33. The van der Waals surface area contributed by atoms with Crippen molar-refractivity contribution in [2.45, 2.75) is 26.3 Å². The van der Waals surface area contributed by atoms with Crippen molar-refractivity contribution in [3.63, 3.8) is 0 Å². The molecule has 1 fully saturated rings. The topological polar surface area (TPSA) is 71.2 Å². The first-order valence-corrected chi connectivity index (χ1v) is 7.19. The highest BCUT2D eigenvalue weighted by atomic mass is 35.5. The number of nitrogens with two attached hydrogens (primary N) is 1. The highest BCUT2D eigenvalue weighted by molar-refractivity contribution is 7.13. The van der Waals surface area contributed by atoms with Crippen molar-refractivity contribution in [2.24, 2.45) is 11.7 Å². The van der Waals surface area contributed by atoms with Crippen LogP contribution in [-0.4, -0.2) is 35.4 Å². The lowest BCUT2D eigenvalue weighted by Crippen LogP contribution is -2.37. The molecule has 5 nitrogen and oxygen atoms in total. The number of halogens is 2. The van der Waals surface area contributed by atoms with Gasteiger partial charge in [0.15, 0.2) is 5.13 Å². The molecule has 0 aliphatic carbocycles. The van der Waals surface area contributed by atoms with E-state index in [0.717, 1.165) is 31.9 Å². The van der Waals surface area contributed by atoms with Crippen molar-refractivity contribution >= 4 is 47.2 Å². The van der Waals surface area contributed by atoms with Crippen LogP contribution in [0, 0.1) is 5.92 Å². The quantitative estimate of drug-likeness (QED) is 0.880. The van der Waals surface area contributed by atoms with Gasteiger partial charge in [0, 0.05) is 25.4 Å². The molecule has 3 N–H and O–H groups in total. The van der Waals surface area contributed by atoms with Crippen molar-refractivity contribution in [1.82, 2.24) is 9.88 Å². The number of nitrogens with zero attached hydrogens (tertiary/aromatic N) is 2. The van der Waals surface area contributed by atoms with E-state index in [1.165, 1.54) is 31.1 Å². The summed E-state index contributed by atoms with van der Waals surface area (Å²) in [4.78, 5) is 17.7. The Morgan fingerprint density at radius 3 is 3.00 bits per heavy atom. The smallest absolute Gasteiger partial charge is 0.223 e. The minimum atomic E-state index is -0.0722. The standard InChI is InChI=1S/C12H20N4OS.2ClH/c1-9(17)14-12-15-11(8-18-12)7-16-4-2-3-10(5-13)6-16;;/h8,10H,2-7,13H2,1H3,(H,14,15,17);2*1H. The van der Waals surface area contributed by atoms with Crippen LogP contribution in [0.3, 0.4) is 0 Å². The lowest BCUT2D eigenvalue weighted by Gasteiger charge is -2.31. The van der Waals surface area contributed by atoms with E-state index in [2.05, 4.69) is 15.2 Å². The normalized spacial score (nSPS) is 18.8. The molecule has 0 radical (unpaired) electrons. The van der Waals surface area contributed by atoms with E-state index >= 15 is 0 Å². The minimum absolute atomic E-state index is 0. The fourth-order valence-electron chi connectivity index (χ4n) is 2.30. The SMILES string of the molecule is CC(=O)Nc1nc(CN2CCCC(CN)C2)cs1.Cl.Cl. The zero-order valence-electron chi connectivity index (χ0n) is 11.5. The Morgan fingerprint density at radius 2 is 2.35 bits per heavy atom. The zero-order valence-corrected chi connectivity index (χ0v) is 14.0. The fraction of sp³-hybridized carbons (Fsp3) is 0.667. The van der Waals surface area contributed by atoms with Crippen molar-refractivity contribution in [1.29, 1.82) is 0 Å². The van der Waals surface area contributed by atoms with Gasteiger partial charge < -0.3 is 11.1 Å². The van der Waals surface area contributed by atoms with E-state index in [1.807, 2.05) is 5.38 Å². The zero-order chi connectivity index (χ0) is 13.0. The highest BCUT2D eigenvalue weighted by Crippen LogP contribution is 2.20. The Hall–Kier alpha value is -0.400. The average molecular weight is 341 g/mol. The molecule has 0 spiro atoms. The van der Waals surface area contributed by atoms with E-state index in [1.54, 1.807) is 0 Å². The summed E-state index contributed by atoms with van der Waals surface area (Å²) in [5.41, 5.74) is 6.76. The number of likely N-dealkylation sites (tertiary alicyclic amines) is 1. The molecule has 1 unspecified atom stereocenters. The summed E-state index contributed by atoms with van der Waals surface area (Å²) in [5.74, 6) is 0.546. The number of hydrogen-bond acceptors (Lipinski definition) is 5. The molecule has 0 bridgehead atoms. The number of nitrogens with one attached hydrogen (secondary N) is 1. The lowest BCUT2D eigenvalue weighted by atomic mass is 9.98. The number of carbonyl (C=O) groups is 1. The molecule has 1 saturated heterocycles.